The summed E-state index contributed by atoms with van der Waals surface area (Å²) in [6, 6.07) is 12.1. The van der Waals surface area contributed by atoms with Crippen LogP contribution in [0.15, 0.2) is 81.8 Å². The molecule has 15 heteroatoms. The van der Waals surface area contributed by atoms with Crippen molar-refractivity contribution >= 4 is 38.0 Å². The summed E-state index contributed by atoms with van der Waals surface area (Å²) in [5.41, 5.74) is 2.26. The second kappa shape index (κ2) is 18.2. The fourth-order valence-electron chi connectivity index (χ4n) is 6.73. The number of carboxylic acids is 1. The number of carboxylic acid groups (broad SMARTS) is 1. The van der Waals surface area contributed by atoms with Crippen molar-refractivity contribution in [2.24, 2.45) is 0 Å². The minimum atomic E-state index is -4.82. The van der Waals surface area contributed by atoms with Gasteiger partial charge >= 0.3 is 5.97 Å². The minimum Gasteiger partial charge on any atom is -0.748 e. The first-order chi connectivity index (χ1) is 25.8. The molecule has 0 saturated carbocycles. The zero-order chi connectivity index (χ0) is 40.6. The summed E-state index contributed by atoms with van der Waals surface area (Å²) in [6.45, 7) is 10.6. The molecular weight excluding hydrogens is 749 g/mol. The summed E-state index contributed by atoms with van der Waals surface area (Å²) in [5, 5.41) is 10.4. The van der Waals surface area contributed by atoms with Crippen molar-refractivity contribution < 1.29 is 49.7 Å². The minimum absolute atomic E-state index is 0.0144. The molecule has 0 fully saturated rings. The molecule has 2 heterocycles. The highest BCUT2D eigenvalue weighted by molar-refractivity contribution is 7.86. The fourth-order valence-corrected chi connectivity index (χ4v) is 7.71. The molecule has 2 aliphatic heterocycles. The Kier molecular flexibility index (Phi) is 14.4. The van der Waals surface area contributed by atoms with Gasteiger partial charge in [0.2, 0.25) is 5.36 Å². The number of hydrogen-bond acceptors (Lipinski definition) is 11. The van der Waals surface area contributed by atoms with Gasteiger partial charge < -0.3 is 33.0 Å². The highest BCUT2D eigenvalue weighted by Gasteiger charge is 2.43. The van der Waals surface area contributed by atoms with Crippen LogP contribution in [0.4, 0.5) is 5.69 Å². The average Bonchev–Trinajstić information content (AvgIpc) is 3.32. The summed E-state index contributed by atoms with van der Waals surface area (Å²) in [7, 11) is -5.99. The first-order valence-electron chi connectivity index (χ1n) is 18.0. The van der Waals surface area contributed by atoms with Gasteiger partial charge in [-0.3, -0.25) is 4.79 Å². The summed E-state index contributed by atoms with van der Waals surface area (Å²) >= 11 is 0. The van der Waals surface area contributed by atoms with E-state index in [0.29, 0.717) is 49.0 Å². The molecule has 0 spiro atoms. The molecule has 1 aromatic carbocycles. The third-order valence-electron chi connectivity index (χ3n) is 9.61. The number of anilines is 1. The zero-order valence-corrected chi connectivity index (χ0v) is 33.9. The van der Waals surface area contributed by atoms with Crippen molar-refractivity contribution in [3.63, 3.8) is 0 Å². The zero-order valence-electron chi connectivity index (χ0n) is 32.2. The number of hydrogen-bond donors (Lipinski definition) is 1. The number of aliphatic carboxylic acids is 1. The Morgan fingerprint density at radius 2 is 1.65 bits per heavy atom. The number of benzene rings is 2. The van der Waals surface area contributed by atoms with Gasteiger partial charge in [0.1, 0.15) is 34.9 Å². The summed E-state index contributed by atoms with van der Waals surface area (Å²) in [6.07, 6.45) is 9.62. The Balaban J connectivity index is 1.79. The monoisotopic (exact) mass is 799 g/mol. The molecule has 55 heavy (non-hydrogen) atoms. The van der Waals surface area contributed by atoms with E-state index < -0.39 is 42.3 Å². The van der Waals surface area contributed by atoms with Crippen molar-refractivity contribution in [3.05, 3.63) is 94.7 Å². The van der Waals surface area contributed by atoms with E-state index in [1.54, 1.807) is 25.2 Å². The van der Waals surface area contributed by atoms with Crippen molar-refractivity contribution in [2.45, 2.75) is 69.1 Å². The standard InChI is InChI=1S/C40H52N2O11S2/c1-39(2,3)37-26-29(32-17-15-30(27-35(32)53-37)41(21-23-51-5)22-24-52-6)12-8-7-9-13-36-40(4,19-10-14-38(43)44)33-28-31(55(48,49)50)16-18-34(33)42(36)20-11-25-54(45,46)47/h7-9,12-13,15-18,26-28H,10-11,14,19-25H2,1-6H3,(H2-,43,44,45,46,47,48,49,50)/p-1. The molecule has 4 rings (SSSR count). The number of nitrogens with zero attached hydrogens (tertiary/aromatic N) is 2. The molecule has 13 nitrogen and oxygen atoms in total. The van der Waals surface area contributed by atoms with Gasteiger partial charge in [-0.2, -0.15) is 0 Å². The second-order valence-electron chi connectivity index (χ2n) is 14.7. The van der Waals surface area contributed by atoms with E-state index in [2.05, 4.69) is 25.3 Å². The van der Waals surface area contributed by atoms with Crippen LogP contribution in [-0.2, 0) is 45.3 Å². The lowest BCUT2D eigenvalue weighted by Crippen LogP contribution is -2.35. The van der Waals surface area contributed by atoms with Gasteiger partial charge in [-0.1, -0.05) is 45.1 Å². The molecule has 1 aromatic rings. The van der Waals surface area contributed by atoms with Gasteiger partial charge in [0.15, 0.2) is 13.1 Å². The Hall–Kier alpha value is -4.12. The van der Waals surface area contributed by atoms with E-state index in [9.17, 15) is 35.8 Å². The Morgan fingerprint density at radius 1 is 0.964 bits per heavy atom. The molecule has 0 amide bonds. The Labute approximate surface area is 324 Å². The molecule has 1 aliphatic carbocycles. The van der Waals surface area contributed by atoms with Crippen LogP contribution in [0.3, 0.4) is 0 Å². The quantitative estimate of drug-likeness (QED) is 0.102. The van der Waals surface area contributed by atoms with Gasteiger partial charge in [-0.05, 0) is 73.7 Å². The number of rotatable bonds is 18. The predicted molar refractivity (Wildman–Crippen MR) is 209 cm³/mol. The van der Waals surface area contributed by atoms with E-state index in [-0.39, 0.29) is 37.6 Å². The summed E-state index contributed by atoms with van der Waals surface area (Å²) < 4.78 is 89.8. The molecule has 300 valence electrons. The van der Waals surface area contributed by atoms with Crippen LogP contribution < -0.4 is 14.8 Å². The molecule has 0 radical (unpaired) electrons. The lowest BCUT2D eigenvalue weighted by Gasteiger charge is -2.30. The largest absolute Gasteiger partial charge is 0.748 e. The molecule has 3 aliphatic rings. The van der Waals surface area contributed by atoms with Gasteiger partial charge in [-0.25, -0.2) is 21.4 Å². The average molecular weight is 800 g/mol. The van der Waals surface area contributed by atoms with Crippen molar-refractivity contribution in [3.8, 4) is 11.3 Å². The smallest absolute Gasteiger partial charge is 0.303 e. The first-order valence-corrected chi connectivity index (χ1v) is 21.0. The van der Waals surface area contributed by atoms with Crippen LogP contribution in [0.2, 0.25) is 0 Å². The summed E-state index contributed by atoms with van der Waals surface area (Å²) in [5.74, 6) is -0.0978. The van der Waals surface area contributed by atoms with E-state index >= 15 is 0 Å². The number of fused-ring (bicyclic) bond motifs is 2. The van der Waals surface area contributed by atoms with Gasteiger partial charge in [0.05, 0.1) is 21.1 Å². The van der Waals surface area contributed by atoms with E-state index in [1.807, 2.05) is 55.5 Å². The van der Waals surface area contributed by atoms with Gasteiger partial charge in [-0.15, -0.1) is 0 Å². The lowest BCUT2D eigenvalue weighted by atomic mass is 9.77. The first kappa shape index (κ1) is 43.6. The molecule has 0 bridgehead atoms. The predicted octanol–water partition coefficient (Wildman–Crippen LogP) is 5.07. The maximum Gasteiger partial charge on any atom is 0.303 e. The van der Waals surface area contributed by atoms with Crippen LogP contribution in [-0.4, -0.2) is 89.8 Å². The third-order valence-corrected chi connectivity index (χ3v) is 11.2. The van der Waals surface area contributed by atoms with E-state index in [0.717, 1.165) is 22.2 Å². The number of allylic oxidation sites excluding steroid dienone is 5. The van der Waals surface area contributed by atoms with Crippen LogP contribution >= 0.6 is 0 Å². The molecule has 1 N–H and O–H groups in total. The second-order valence-corrected chi connectivity index (χ2v) is 17.6. The normalized spacial score (nSPS) is 17.2. The SMILES string of the molecule is COCC[N+](CCOC)=c1ccc2c(/C=C/C=C/C=C3\N(CCCS(=O)(=O)[O-])c4ccc(S(=O)(=O)[O-])cc4C3(C)CCCC(=O)O)cc(C(C)(C)C)oc-2c1. The summed E-state index contributed by atoms with van der Waals surface area (Å²) in [4.78, 5) is 12.8. The fraction of sp³-hybridized carbons (Fsp3) is 0.450. The van der Waals surface area contributed by atoms with Crippen LogP contribution in [0.1, 0.15) is 70.3 Å². The molecule has 0 aromatic heterocycles. The third kappa shape index (κ3) is 11.5. The highest BCUT2D eigenvalue weighted by atomic mass is 32.2. The van der Waals surface area contributed by atoms with Crippen molar-refractivity contribution in [2.75, 3.05) is 57.7 Å². The van der Waals surface area contributed by atoms with Gasteiger partial charge in [0.25, 0.3) is 0 Å². The van der Waals surface area contributed by atoms with Crippen LogP contribution in [0.5, 0.6) is 0 Å². The molecule has 0 saturated heterocycles. The maximum atomic E-state index is 12.0. The van der Waals surface area contributed by atoms with E-state index in [4.69, 9.17) is 13.9 Å². The van der Waals surface area contributed by atoms with Crippen LogP contribution in [0.25, 0.3) is 17.4 Å². The Bertz CT molecular complexity index is 2190. The number of carbonyl (C=O) groups is 1. The topological polar surface area (TPSA) is 190 Å². The Morgan fingerprint density at radius 3 is 2.25 bits per heavy atom. The van der Waals surface area contributed by atoms with Crippen molar-refractivity contribution in [1.82, 2.24) is 4.58 Å². The molecule has 1 atom stereocenters. The number of methoxy groups -OCH3 is 2. The van der Waals surface area contributed by atoms with E-state index in [1.165, 1.54) is 18.2 Å². The lowest BCUT2D eigenvalue weighted by molar-refractivity contribution is -0.137. The van der Waals surface area contributed by atoms with Gasteiger partial charge in [0, 0.05) is 66.8 Å². The number of ether oxygens (including phenoxy) is 2. The maximum absolute atomic E-state index is 12.0. The molecule has 1 unspecified atom stereocenters. The highest BCUT2D eigenvalue weighted by Crippen LogP contribution is 2.51. The van der Waals surface area contributed by atoms with Crippen LogP contribution in [0, 0.1) is 0 Å². The molecular formula is C40H51N2O11S2-. The van der Waals surface area contributed by atoms with Crippen molar-refractivity contribution in [1.29, 1.82) is 0 Å².